The lowest BCUT2D eigenvalue weighted by molar-refractivity contribution is 0.0533. The maximum atomic E-state index is 5.40. The van der Waals surface area contributed by atoms with Gasteiger partial charge in [-0.2, -0.15) is 0 Å². The van der Waals surface area contributed by atoms with Crippen molar-refractivity contribution < 1.29 is 4.74 Å². The topological polar surface area (TPSA) is 21.3 Å². The molecule has 0 aromatic carbocycles. The molecule has 0 bridgehead atoms. The van der Waals surface area contributed by atoms with E-state index in [-0.39, 0.29) is 0 Å². The largest absolute Gasteiger partial charge is 0.381 e. The van der Waals surface area contributed by atoms with Gasteiger partial charge in [-0.1, -0.05) is 0 Å². The van der Waals surface area contributed by atoms with Crippen LogP contribution in [0.25, 0.3) is 0 Å². The SMILES string of the molecule is COC1CCC(CC2CCNC2)CC1. The van der Waals surface area contributed by atoms with Crippen molar-refractivity contribution in [1.82, 2.24) is 5.32 Å². The normalized spacial score (nSPS) is 38.8. The van der Waals surface area contributed by atoms with Crippen molar-refractivity contribution in [2.45, 2.75) is 44.6 Å². The van der Waals surface area contributed by atoms with Gasteiger partial charge in [-0.3, -0.25) is 0 Å². The fourth-order valence-electron chi connectivity index (χ4n) is 2.99. The molecule has 1 heterocycles. The van der Waals surface area contributed by atoms with Crippen molar-refractivity contribution in [2.75, 3.05) is 20.2 Å². The molecule has 1 saturated heterocycles. The van der Waals surface area contributed by atoms with Crippen LogP contribution in [0.4, 0.5) is 0 Å². The van der Waals surface area contributed by atoms with Crippen LogP contribution in [0.5, 0.6) is 0 Å². The Morgan fingerprint density at radius 2 is 1.86 bits per heavy atom. The zero-order chi connectivity index (χ0) is 9.80. The summed E-state index contributed by atoms with van der Waals surface area (Å²) in [4.78, 5) is 0. The van der Waals surface area contributed by atoms with E-state index in [2.05, 4.69) is 5.32 Å². The van der Waals surface area contributed by atoms with E-state index in [1.54, 1.807) is 0 Å². The van der Waals surface area contributed by atoms with Crippen molar-refractivity contribution in [1.29, 1.82) is 0 Å². The van der Waals surface area contributed by atoms with E-state index in [0.29, 0.717) is 6.10 Å². The molecule has 2 aliphatic rings. The van der Waals surface area contributed by atoms with E-state index in [9.17, 15) is 0 Å². The Morgan fingerprint density at radius 1 is 1.07 bits per heavy atom. The molecule has 1 saturated carbocycles. The third-order valence-electron chi connectivity index (χ3n) is 3.96. The van der Waals surface area contributed by atoms with Crippen LogP contribution in [0.2, 0.25) is 0 Å². The van der Waals surface area contributed by atoms with E-state index in [1.807, 2.05) is 7.11 Å². The van der Waals surface area contributed by atoms with Gasteiger partial charge in [0.2, 0.25) is 0 Å². The summed E-state index contributed by atoms with van der Waals surface area (Å²) in [5.74, 6) is 1.96. The molecule has 82 valence electrons. The molecule has 2 fully saturated rings. The lowest BCUT2D eigenvalue weighted by atomic mass is 9.81. The lowest BCUT2D eigenvalue weighted by Gasteiger charge is -2.29. The first-order chi connectivity index (χ1) is 6.88. The smallest absolute Gasteiger partial charge is 0.0571 e. The van der Waals surface area contributed by atoms with Crippen molar-refractivity contribution in [3.8, 4) is 0 Å². The van der Waals surface area contributed by atoms with Gasteiger partial charge in [0.05, 0.1) is 6.10 Å². The number of hydrogen-bond acceptors (Lipinski definition) is 2. The third-order valence-corrected chi connectivity index (χ3v) is 3.96. The molecule has 14 heavy (non-hydrogen) atoms. The Labute approximate surface area is 87.4 Å². The minimum atomic E-state index is 0.563. The second-order valence-electron chi connectivity index (χ2n) is 4.97. The molecule has 0 amide bonds. The summed E-state index contributed by atoms with van der Waals surface area (Å²) in [7, 11) is 1.85. The second kappa shape index (κ2) is 5.13. The summed E-state index contributed by atoms with van der Waals surface area (Å²) in [5.41, 5.74) is 0. The van der Waals surface area contributed by atoms with E-state index in [1.165, 1.54) is 51.6 Å². The molecule has 2 heteroatoms. The number of rotatable bonds is 3. The maximum absolute atomic E-state index is 5.40. The first-order valence-corrected chi connectivity index (χ1v) is 6.12. The highest BCUT2D eigenvalue weighted by Gasteiger charge is 2.24. The molecule has 1 atom stereocenters. The molecule has 1 aliphatic heterocycles. The van der Waals surface area contributed by atoms with Gasteiger partial charge in [-0.25, -0.2) is 0 Å². The number of nitrogens with one attached hydrogen (secondary N) is 1. The minimum Gasteiger partial charge on any atom is -0.381 e. The summed E-state index contributed by atoms with van der Waals surface area (Å²) in [5, 5.41) is 3.46. The molecule has 1 unspecified atom stereocenters. The first kappa shape index (κ1) is 10.4. The van der Waals surface area contributed by atoms with Gasteiger partial charge >= 0.3 is 0 Å². The number of ether oxygens (including phenoxy) is 1. The Balaban J connectivity index is 1.67. The molecule has 0 aromatic rings. The summed E-state index contributed by atoms with van der Waals surface area (Å²) in [6, 6.07) is 0. The molecule has 1 aliphatic carbocycles. The van der Waals surface area contributed by atoms with E-state index in [0.717, 1.165) is 11.8 Å². The predicted molar refractivity (Wildman–Crippen MR) is 58.3 cm³/mol. The van der Waals surface area contributed by atoms with Gasteiger partial charge in [0, 0.05) is 7.11 Å². The highest BCUT2D eigenvalue weighted by atomic mass is 16.5. The van der Waals surface area contributed by atoms with E-state index >= 15 is 0 Å². The van der Waals surface area contributed by atoms with Crippen LogP contribution in [-0.2, 0) is 4.74 Å². The zero-order valence-corrected chi connectivity index (χ0v) is 9.30. The molecule has 0 radical (unpaired) electrons. The number of methoxy groups -OCH3 is 1. The maximum Gasteiger partial charge on any atom is 0.0571 e. The number of hydrogen-bond donors (Lipinski definition) is 1. The molecule has 2 nitrogen and oxygen atoms in total. The van der Waals surface area contributed by atoms with Crippen LogP contribution in [-0.4, -0.2) is 26.3 Å². The lowest BCUT2D eigenvalue weighted by Crippen LogP contribution is -2.22. The molecular weight excluding hydrogens is 174 g/mol. The van der Waals surface area contributed by atoms with E-state index in [4.69, 9.17) is 4.74 Å². The first-order valence-electron chi connectivity index (χ1n) is 6.12. The fourth-order valence-corrected chi connectivity index (χ4v) is 2.99. The van der Waals surface area contributed by atoms with Crippen LogP contribution in [0.3, 0.4) is 0 Å². The fraction of sp³-hybridized carbons (Fsp3) is 1.00. The average molecular weight is 197 g/mol. The Kier molecular flexibility index (Phi) is 3.82. The van der Waals surface area contributed by atoms with Crippen LogP contribution >= 0.6 is 0 Å². The van der Waals surface area contributed by atoms with Crippen LogP contribution in [0, 0.1) is 11.8 Å². The summed E-state index contributed by atoms with van der Waals surface area (Å²) in [6.07, 6.45) is 8.81. The van der Waals surface area contributed by atoms with Gasteiger partial charge < -0.3 is 10.1 Å². The summed E-state index contributed by atoms with van der Waals surface area (Å²) >= 11 is 0. The summed E-state index contributed by atoms with van der Waals surface area (Å²) in [6.45, 7) is 2.52. The van der Waals surface area contributed by atoms with Gasteiger partial charge in [0.25, 0.3) is 0 Å². The highest BCUT2D eigenvalue weighted by Crippen LogP contribution is 2.31. The van der Waals surface area contributed by atoms with Gasteiger partial charge in [0.1, 0.15) is 0 Å². The van der Waals surface area contributed by atoms with Gasteiger partial charge in [-0.05, 0) is 63.5 Å². The second-order valence-corrected chi connectivity index (χ2v) is 4.97. The van der Waals surface area contributed by atoms with Gasteiger partial charge in [-0.15, -0.1) is 0 Å². The quantitative estimate of drug-likeness (QED) is 0.749. The van der Waals surface area contributed by atoms with E-state index < -0.39 is 0 Å². The Bertz CT molecular complexity index is 158. The Hall–Kier alpha value is -0.0800. The van der Waals surface area contributed by atoms with Crippen LogP contribution in [0.1, 0.15) is 38.5 Å². The van der Waals surface area contributed by atoms with Crippen LogP contribution in [0.15, 0.2) is 0 Å². The van der Waals surface area contributed by atoms with Crippen molar-refractivity contribution in [2.24, 2.45) is 11.8 Å². The minimum absolute atomic E-state index is 0.563. The van der Waals surface area contributed by atoms with Crippen molar-refractivity contribution >= 4 is 0 Å². The molecule has 0 aromatic heterocycles. The van der Waals surface area contributed by atoms with Gasteiger partial charge in [0.15, 0.2) is 0 Å². The Morgan fingerprint density at radius 3 is 2.43 bits per heavy atom. The third kappa shape index (κ3) is 2.71. The molecule has 0 spiro atoms. The standard InChI is InChI=1S/C12H23NO/c1-14-12-4-2-10(3-5-12)8-11-6-7-13-9-11/h10-13H,2-9H2,1H3. The molecular formula is C12H23NO. The van der Waals surface area contributed by atoms with Crippen LogP contribution < -0.4 is 5.32 Å². The summed E-state index contributed by atoms with van der Waals surface area (Å²) < 4.78 is 5.40. The van der Waals surface area contributed by atoms with Crippen molar-refractivity contribution in [3.63, 3.8) is 0 Å². The average Bonchev–Trinajstić information content (AvgIpc) is 2.72. The predicted octanol–water partition coefficient (Wildman–Crippen LogP) is 2.19. The van der Waals surface area contributed by atoms with Crippen molar-refractivity contribution in [3.05, 3.63) is 0 Å². The highest BCUT2D eigenvalue weighted by molar-refractivity contribution is 4.78. The molecule has 1 N–H and O–H groups in total. The zero-order valence-electron chi connectivity index (χ0n) is 9.30. The monoisotopic (exact) mass is 197 g/mol. The molecule has 2 rings (SSSR count).